The van der Waals surface area contributed by atoms with Crippen LogP contribution in [0.3, 0.4) is 0 Å². The number of benzene rings is 1. The lowest BCUT2D eigenvalue weighted by atomic mass is 9.84. The molecule has 2 aliphatic heterocycles. The van der Waals surface area contributed by atoms with Gasteiger partial charge in [0.1, 0.15) is 11.6 Å². The molecule has 1 aromatic rings. The molecule has 108 valence electrons. The molecule has 0 aliphatic carbocycles. The van der Waals surface area contributed by atoms with Crippen molar-refractivity contribution in [2.45, 2.75) is 44.4 Å². The molecule has 0 radical (unpaired) electrons. The molecule has 0 spiro atoms. The second kappa shape index (κ2) is 5.48. The average Bonchev–Trinajstić information content (AvgIpc) is 2.37. The Hall–Kier alpha value is -1.49. The SMILES string of the molecule is Fc1ccc(C2=CC3CCCC(C2)N3)c(OC(F)F)c1. The monoisotopic (exact) mass is 283 g/mol. The average molecular weight is 283 g/mol. The Labute approximate surface area is 115 Å². The number of piperidine rings is 1. The van der Waals surface area contributed by atoms with E-state index in [1.165, 1.54) is 18.6 Å². The van der Waals surface area contributed by atoms with Crippen molar-refractivity contribution in [3.63, 3.8) is 0 Å². The first-order valence-electron chi connectivity index (χ1n) is 6.83. The zero-order chi connectivity index (χ0) is 14.1. The molecule has 2 aliphatic rings. The van der Waals surface area contributed by atoms with Crippen molar-refractivity contribution in [1.82, 2.24) is 5.32 Å². The fourth-order valence-electron chi connectivity index (χ4n) is 3.08. The van der Waals surface area contributed by atoms with Gasteiger partial charge in [0.05, 0.1) is 0 Å². The molecule has 2 atom stereocenters. The third-order valence-corrected chi connectivity index (χ3v) is 3.89. The van der Waals surface area contributed by atoms with Gasteiger partial charge in [0.15, 0.2) is 0 Å². The zero-order valence-corrected chi connectivity index (χ0v) is 10.9. The van der Waals surface area contributed by atoms with Crippen LogP contribution >= 0.6 is 0 Å². The summed E-state index contributed by atoms with van der Waals surface area (Å²) < 4.78 is 42.6. The third kappa shape index (κ3) is 2.82. The molecule has 2 heterocycles. The van der Waals surface area contributed by atoms with Crippen molar-refractivity contribution in [3.05, 3.63) is 35.7 Å². The van der Waals surface area contributed by atoms with Crippen molar-refractivity contribution in [2.75, 3.05) is 0 Å². The normalized spacial score (nSPS) is 25.5. The van der Waals surface area contributed by atoms with Crippen LogP contribution in [-0.4, -0.2) is 18.7 Å². The standard InChI is InChI=1S/C15H16F3NO/c16-10-4-5-13(14(8-10)20-15(17)18)9-6-11-2-1-3-12(7-9)19-11/h4-6,8,11-12,15,19H,1-3,7H2. The van der Waals surface area contributed by atoms with Gasteiger partial charge in [0, 0.05) is 23.7 Å². The van der Waals surface area contributed by atoms with Gasteiger partial charge in [-0.1, -0.05) is 12.5 Å². The molecule has 0 aromatic heterocycles. The van der Waals surface area contributed by atoms with Gasteiger partial charge in [-0.15, -0.1) is 0 Å². The molecule has 1 aromatic carbocycles. The Balaban J connectivity index is 1.94. The number of ether oxygens (including phenoxy) is 1. The highest BCUT2D eigenvalue weighted by atomic mass is 19.3. The lowest BCUT2D eigenvalue weighted by molar-refractivity contribution is -0.0501. The Morgan fingerprint density at radius 1 is 1.25 bits per heavy atom. The predicted octanol–water partition coefficient (Wildman–Crippen LogP) is 3.72. The van der Waals surface area contributed by atoms with E-state index in [0.29, 0.717) is 11.6 Å². The van der Waals surface area contributed by atoms with Gasteiger partial charge in [-0.3, -0.25) is 0 Å². The molecular formula is C15H16F3NO. The number of fused-ring (bicyclic) bond motifs is 2. The van der Waals surface area contributed by atoms with E-state index in [9.17, 15) is 13.2 Å². The first-order chi connectivity index (χ1) is 9.61. The van der Waals surface area contributed by atoms with E-state index < -0.39 is 12.4 Å². The molecule has 0 amide bonds. The molecule has 1 fully saturated rings. The summed E-state index contributed by atoms with van der Waals surface area (Å²) in [5, 5.41) is 3.48. The molecule has 2 nitrogen and oxygen atoms in total. The van der Waals surface area contributed by atoms with Crippen molar-refractivity contribution in [1.29, 1.82) is 0 Å². The molecule has 5 heteroatoms. The fourth-order valence-corrected chi connectivity index (χ4v) is 3.08. The van der Waals surface area contributed by atoms with E-state index in [1.54, 1.807) is 0 Å². The number of hydrogen-bond donors (Lipinski definition) is 1. The van der Waals surface area contributed by atoms with Gasteiger partial charge >= 0.3 is 6.61 Å². The van der Waals surface area contributed by atoms with Gasteiger partial charge in [0.25, 0.3) is 0 Å². The second-order valence-electron chi connectivity index (χ2n) is 5.32. The summed E-state index contributed by atoms with van der Waals surface area (Å²) in [5.41, 5.74) is 1.54. The Morgan fingerprint density at radius 3 is 2.85 bits per heavy atom. The van der Waals surface area contributed by atoms with Crippen LogP contribution in [-0.2, 0) is 0 Å². The summed E-state index contributed by atoms with van der Waals surface area (Å²) >= 11 is 0. The minimum Gasteiger partial charge on any atom is -0.434 e. The van der Waals surface area contributed by atoms with E-state index in [0.717, 1.165) is 30.9 Å². The van der Waals surface area contributed by atoms with Crippen LogP contribution in [0.15, 0.2) is 24.3 Å². The lowest BCUT2D eigenvalue weighted by Crippen LogP contribution is -2.44. The summed E-state index contributed by atoms with van der Waals surface area (Å²) in [6.45, 7) is -2.95. The topological polar surface area (TPSA) is 21.3 Å². The highest BCUT2D eigenvalue weighted by Gasteiger charge is 2.27. The minimum absolute atomic E-state index is 0.0776. The molecule has 20 heavy (non-hydrogen) atoms. The van der Waals surface area contributed by atoms with E-state index in [2.05, 4.69) is 16.1 Å². The summed E-state index contributed by atoms with van der Waals surface area (Å²) in [6.07, 6.45) is 6.13. The second-order valence-corrected chi connectivity index (χ2v) is 5.32. The van der Waals surface area contributed by atoms with Crippen LogP contribution in [0.2, 0.25) is 0 Å². The third-order valence-electron chi connectivity index (χ3n) is 3.89. The number of halogens is 3. The minimum atomic E-state index is -2.95. The summed E-state index contributed by atoms with van der Waals surface area (Å²) in [4.78, 5) is 0. The van der Waals surface area contributed by atoms with Crippen molar-refractivity contribution >= 4 is 5.57 Å². The van der Waals surface area contributed by atoms with Gasteiger partial charge in [-0.2, -0.15) is 8.78 Å². The van der Waals surface area contributed by atoms with Crippen molar-refractivity contribution in [2.24, 2.45) is 0 Å². The number of rotatable bonds is 3. The summed E-state index contributed by atoms with van der Waals surface area (Å²) in [5.74, 6) is -0.648. The summed E-state index contributed by atoms with van der Waals surface area (Å²) in [6, 6.07) is 4.49. The maximum absolute atomic E-state index is 13.2. The van der Waals surface area contributed by atoms with Crippen LogP contribution in [0.25, 0.3) is 5.57 Å². The number of hydrogen-bond acceptors (Lipinski definition) is 2. The number of nitrogens with one attached hydrogen (secondary N) is 1. The van der Waals surface area contributed by atoms with Crippen LogP contribution in [0.5, 0.6) is 5.75 Å². The van der Waals surface area contributed by atoms with Crippen molar-refractivity contribution in [3.8, 4) is 5.75 Å². The van der Waals surface area contributed by atoms with E-state index in [-0.39, 0.29) is 11.8 Å². The Kier molecular flexibility index (Phi) is 3.70. The van der Waals surface area contributed by atoms with E-state index >= 15 is 0 Å². The van der Waals surface area contributed by atoms with Crippen LogP contribution in [0, 0.1) is 5.82 Å². The smallest absolute Gasteiger partial charge is 0.387 e. The quantitative estimate of drug-likeness (QED) is 0.912. The molecule has 0 saturated carbocycles. The first-order valence-corrected chi connectivity index (χ1v) is 6.83. The molecule has 1 saturated heterocycles. The van der Waals surface area contributed by atoms with Crippen molar-refractivity contribution < 1.29 is 17.9 Å². The number of alkyl halides is 2. The first kappa shape index (κ1) is 13.5. The molecule has 1 N–H and O–H groups in total. The van der Waals surface area contributed by atoms with Crippen LogP contribution in [0.4, 0.5) is 13.2 Å². The summed E-state index contributed by atoms with van der Waals surface area (Å²) in [7, 11) is 0. The van der Waals surface area contributed by atoms with Gasteiger partial charge in [-0.05, 0) is 37.0 Å². The highest BCUT2D eigenvalue weighted by Crippen LogP contribution is 2.36. The van der Waals surface area contributed by atoms with Crippen LogP contribution in [0.1, 0.15) is 31.2 Å². The van der Waals surface area contributed by atoms with E-state index in [1.807, 2.05) is 0 Å². The Bertz CT molecular complexity index is 530. The maximum atomic E-state index is 13.2. The van der Waals surface area contributed by atoms with Gasteiger partial charge in [0.2, 0.25) is 0 Å². The molecule has 2 unspecified atom stereocenters. The largest absolute Gasteiger partial charge is 0.434 e. The highest BCUT2D eigenvalue weighted by molar-refractivity contribution is 5.72. The van der Waals surface area contributed by atoms with Crippen LogP contribution < -0.4 is 10.1 Å². The van der Waals surface area contributed by atoms with E-state index in [4.69, 9.17) is 0 Å². The fraction of sp³-hybridized carbons (Fsp3) is 0.467. The molecular weight excluding hydrogens is 267 g/mol. The lowest BCUT2D eigenvalue weighted by Gasteiger charge is -2.35. The Morgan fingerprint density at radius 2 is 2.10 bits per heavy atom. The maximum Gasteiger partial charge on any atom is 0.387 e. The molecule has 3 rings (SSSR count). The van der Waals surface area contributed by atoms with Gasteiger partial charge in [-0.25, -0.2) is 4.39 Å². The van der Waals surface area contributed by atoms with Gasteiger partial charge < -0.3 is 10.1 Å². The molecule has 2 bridgehead atoms. The predicted molar refractivity (Wildman–Crippen MR) is 70.2 cm³/mol. The zero-order valence-electron chi connectivity index (χ0n) is 10.9.